The van der Waals surface area contributed by atoms with Crippen LogP contribution >= 0.6 is 0 Å². The quantitative estimate of drug-likeness (QED) is 0.660. The van der Waals surface area contributed by atoms with Gasteiger partial charge in [-0.05, 0) is 18.9 Å². The van der Waals surface area contributed by atoms with E-state index in [9.17, 15) is 0 Å². The van der Waals surface area contributed by atoms with Gasteiger partial charge in [0, 0.05) is 25.3 Å². The maximum Gasteiger partial charge on any atom is 0.414 e. The van der Waals surface area contributed by atoms with Gasteiger partial charge in [-0.3, -0.25) is 0 Å². The highest BCUT2D eigenvalue weighted by Crippen LogP contribution is 2.30. The monoisotopic (exact) mass is 341 g/mol. The minimum absolute atomic E-state index is 0.363. The van der Waals surface area contributed by atoms with Crippen molar-refractivity contribution in [2.24, 2.45) is 0 Å². The van der Waals surface area contributed by atoms with Crippen LogP contribution in [-0.2, 0) is 20.9 Å². The van der Waals surface area contributed by atoms with Crippen molar-refractivity contribution in [3.8, 4) is 11.5 Å². The van der Waals surface area contributed by atoms with Gasteiger partial charge in [0.1, 0.15) is 0 Å². The van der Waals surface area contributed by atoms with Crippen LogP contribution < -0.4 is 14.8 Å². The molecule has 0 aromatic heterocycles. The Morgan fingerprint density at radius 1 is 1.25 bits per heavy atom. The van der Waals surface area contributed by atoms with Gasteiger partial charge >= 0.3 is 11.9 Å². The van der Waals surface area contributed by atoms with Gasteiger partial charge < -0.3 is 29.7 Å². The van der Waals surface area contributed by atoms with Crippen LogP contribution in [0.3, 0.4) is 0 Å². The molecule has 1 unspecified atom stereocenters. The minimum atomic E-state index is -1.82. The van der Waals surface area contributed by atoms with E-state index < -0.39 is 11.9 Å². The molecular weight excluding hydrogens is 318 g/mol. The highest BCUT2D eigenvalue weighted by atomic mass is 16.5. The minimum Gasteiger partial charge on any atom is -0.493 e. The Morgan fingerprint density at radius 2 is 1.96 bits per heavy atom. The summed E-state index contributed by atoms with van der Waals surface area (Å²) in [5, 5.41) is 18.2. The lowest BCUT2D eigenvalue weighted by Crippen LogP contribution is -2.25. The molecule has 0 radical (unpaired) electrons. The molecule has 1 heterocycles. The molecule has 8 nitrogen and oxygen atoms in total. The van der Waals surface area contributed by atoms with Crippen LogP contribution in [0.25, 0.3) is 0 Å². The zero-order valence-corrected chi connectivity index (χ0v) is 13.8. The summed E-state index contributed by atoms with van der Waals surface area (Å²) in [6.45, 7) is 2.55. The van der Waals surface area contributed by atoms with E-state index in [4.69, 9.17) is 34.0 Å². The molecule has 8 heteroatoms. The summed E-state index contributed by atoms with van der Waals surface area (Å²) >= 11 is 0. The van der Waals surface area contributed by atoms with Gasteiger partial charge in [0.25, 0.3) is 0 Å². The molecule has 1 fully saturated rings. The topological polar surface area (TPSA) is 114 Å². The van der Waals surface area contributed by atoms with Gasteiger partial charge in [0.15, 0.2) is 11.5 Å². The number of carboxylic acid groups (broad SMARTS) is 2. The first-order chi connectivity index (χ1) is 11.5. The third-order valence-corrected chi connectivity index (χ3v) is 3.38. The van der Waals surface area contributed by atoms with Crippen LogP contribution in [0.1, 0.15) is 18.4 Å². The number of aliphatic carboxylic acids is 2. The number of hydrogen-bond donors (Lipinski definition) is 3. The van der Waals surface area contributed by atoms with E-state index >= 15 is 0 Å². The van der Waals surface area contributed by atoms with Crippen molar-refractivity contribution >= 4 is 11.9 Å². The molecule has 24 heavy (non-hydrogen) atoms. The van der Waals surface area contributed by atoms with Crippen LogP contribution in [0.2, 0.25) is 0 Å². The summed E-state index contributed by atoms with van der Waals surface area (Å²) in [4.78, 5) is 18.2. The summed E-state index contributed by atoms with van der Waals surface area (Å²) in [6, 6.07) is 5.93. The number of nitrogens with one attached hydrogen (secondary N) is 1. The molecule has 0 amide bonds. The zero-order chi connectivity index (χ0) is 17.9. The number of rotatable bonds is 6. The molecule has 1 saturated heterocycles. The number of hydrogen-bond acceptors (Lipinski definition) is 6. The van der Waals surface area contributed by atoms with Gasteiger partial charge in [-0.15, -0.1) is 0 Å². The SMILES string of the molecule is COc1cccc(CNCC2CCCO2)c1OC.O=C(O)C(=O)O. The summed E-state index contributed by atoms with van der Waals surface area (Å²) in [5.41, 5.74) is 1.11. The lowest BCUT2D eigenvalue weighted by atomic mass is 10.1. The highest BCUT2D eigenvalue weighted by Gasteiger charge is 2.15. The molecule has 0 saturated carbocycles. The number of carboxylic acids is 2. The molecule has 1 aromatic carbocycles. The summed E-state index contributed by atoms with van der Waals surface area (Å²) in [5.74, 6) is -2.07. The third-order valence-electron chi connectivity index (χ3n) is 3.38. The Hall–Kier alpha value is -2.32. The second kappa shape index (κ2) is 10.5. The summed E-state index contributed by atoms with van der Waals surface area (Å²) in [6.07, 6.45) is 2.69. The van der Waals surface area contributed by atoms with E-state index in [2.05, 4.69) is 5.32 Å². The normalized spacial score (nSPS) is 16.0. The third kappa shape index (κ3) is 6.43. The van der Waals surface area contributed by atoms with E-state index in [1.165, 1.54) is 6.42 Å². The summed E-state index contributed by atoms with van der Waals surface area (Å²) in [7, 11) is 3.32. The fourth-order valence-corrected chi connectivity index (χ4v) is 2.27. The smallest absolute Gasteiger partial charge is 0.414 e. The van der Waals surface area contributed by atoms with E-state index in [1.807, 2.05) is 18.2 Å². The molecule has 1 aliphatic rings. The lowest BCUT2D eigenvalue weighted by molar-refractivity contribution is -0.159. The Morgan fingerprint density at radius 3 is 2.46 bits per heavy atom. The standard InChI is InChI=1S/C14H21NO3.C2H2O4/c1-16-13-7-3-5-11(14(13)17-2)9-15-10-12-6-4-8-18-12;3-1(4)2(5)6/h3,5,7,12,15H,4,6,8-10H2,1-2H3;(H,3,4)(H,5,6). The predicted octanol–water partition coefficient (Wildman–Crippen LogP) is 1.13. The van der Waals surface area contributed by atoms with Crippen molar-refractivity contribution in [2.45, 2.75) is 25.5 Å². The summed E-state index contributed by atoms with van der Waals surface area (Å²) < 4.78 is 16.2. The van der Waals surface area contributed by atoms with E-state index in [1.54, 1.807) is 14.2 Å². The maximum atomic E-state index is 9.10. The Labute approximate surface area is 140 Å². The van der Waals surface area contributed by atoms with Crippen LogP contribution in [-0.4, -0.2) is 55.6 Å². The lowest BCUT2D eigenvalue weighted by Gasteiger charge is -2.14. The van der Waals surface area contributed by atoms with Crippen LogP contribution in [0.15, 0.2) is 18.2 Å². The average molecular weight is 341 g/mol. The molecule has 3 N–H and O–H groups in total. The van der Waals surface area contributed by atoms with Gasteiger partial charge in [0.05, 0.1) is 20.3 Å². The van der Waals surface area contributed by atoms with E-state index in [0.717, 1.165) is 43.2 Å². The largest absolute Gasteiger partial charge is 0.493 e. The second-order valence-corrected chi connectivity index (χ2v) is 5.03. The first-order valence-electron chi connectivity index (χ1n) is 7.48. The van der Waals surface area contributed by atoms with Crippen molar-refractivity contribution in [3.63, 3.8) is 0 Å². The molecule has 2 rings (SSSR count). The van der Waals surface area contributed by atoms with E-state index in [-0.39, 0.29) is 0 Å². The number of benzene rings is 1. The van der Waals surface area contributed by atoms with Crippen molar-refractivity contribution in [1.29, 1.82) is 0 Å². The van der Waals surface area contributed by atoms with Gasteiger partial charge in [-0.2, -0.15) is 0 Å². The molecular formula is C16H23NO7. The fourth-order valence-electron chi connectivity index (χ4n) is 2.27. The van der Waals surface area contributed by atoms with E-state index in [0.29, 0.717) is 6.10 Å². The van der Waals surface area contributed by atoms with Gasteiger partial charge in [-0.25, -0.2) is 9.59 Å². The molecule has 1 aromatic rings. The van der Waals surface area contributed by atoms with Gasteiger partial charge in [0.2, 0.25) is 0 Å². The number of para-hydroxylation sites is 1. The molecule has 0 bridgehead atoms. The van der Waals surface area contributed by atoms with Crippen molar-refractivity contribution in [2.75, 3.05) is 27.4 Å². The molecule has 0 spiro atoms. The Bertz CT molecular complexity index is 529. The molecule has 1 aliphatic heterocycles. The number of carbonyl (C=O) groups is 2. The predicted molar refractivity (Wildman–Crippen MR) is 85.5 cm³/mol. The fraction of sp³-hybridized carbons (Fsp3) is 0.500. The van der Waals surface area contributed by atoms with Crippen molar-refractivity contribution in [3.05, 3.63) is 23.8 Å². The number of ether oxygens (including phenoxy) is 3. The van der Waals surface area contributed by atoms with Crippen LogP contribution in [0.4, 0.5) is 0 Å². The van der Waals surface area contributed by atoms with Crippen LogP contribution in [0, 0.1) is 0 Å². The maximum absolute atomic E-state index is 9.10. The first kappa shape index (κ1) is 19.7. The van der Waals surface area contributed by atoms with Gasteiger partial charge in [-0.1, -0.05) is 12.1 Å². The highest BCUT2D eigenvalue weighted by molar-refractivity contribution is 6.27. The molecule has 1 atom stereocenters. The van der Waals surface area contributed by atoms with Crippen LogP contribution in [0.5, 0.6) is 11.5 Å². The average Bonchev–Trinajstić information content (AvgIpc) is 3.08. The zero-order valence-electron chi connectivity index (χ0n) is 13.8. The van der Waals surface area contributed by atoms with Crippen molar-refractivity contribution < 1.29 is 34.0 Å². The second-order valence-electron chi connectivity index (χ2n) is 5.03. The molecule has 0 aliphatic carbocycles. The number of methoxy groups -OCH3 is 2. The molecule has 134 valence electrons. The van der Waals surface area contributed by atoms with Crippen molar-refractivity contribution in [1.82, 2.24) is 5.32 Å². The first-order valence-corrected chi connectivity index (χ1v) is 7.48. The Kier molecular flexibility index (Phi) is 8.59. The Balaban J connectivity index is 0.000000413.